The van der Waals surface area contributed by atoms with Crippen molar-refractivity contribution in [2.24, 2.45) is 0 Å². The van der Waals surface area contributed by atoms with Crippen LogP contribution in [0.5, 0.6) is 0 Å². The van der Waals surface area contributed by atoms with Gasteiger partial charge in [0.05, 0.1) is 0 Å². The molecule has 1 aromatic carbocycles. The zero-order valence-corrected chi connectivity index (χ0v) is 12.0. The van der Waals surface area contributed by atoms with Crippen LogP contribution in [-0.2, 0) is 6.42 Å². The number of nitrogens with zero attached hydrogens (tertiary/aromatic N) is 2. The molecule has 0 aliphatic rings. The topological polar surface area (TPSA) is 37.8 Å². The number of likely N-dealkylation sites (N-methyl/N-ethyl adjacent to an activating group) is 1. The molecule has 0 aliphatic carbocycles. The van der Waals surface area contributed by atoms with Crippen molar-refractivity contribution in [3.8, 4) is 10.6 Å². The summed E-state index contributed by atoms with van der Waals surface area (Å²) in [6, 6.07) is 8.15. The van der Waals surface area contributed by atoms with Gasteiger partial charge in [-0.1, -0.05) is 46.3 Å². The summed E-state index contributed by atoms with van der Waals surface area (Å²) in [6.07, 6.45) is 0.946. The summed E-state index contributed by atoms with van der Waals surface area (Å²) in [5.41, 5.74) is 1.13. The van der Waals surface area contributed by atoms with Crippen molar-refractivity contribution in [2.45, 2.75) is 13.3 Å². The zero-order valence-electron chi connectivity index (χ0n) is 9.61. The second kappa shape index (κ2) is 6.23. The van der Waals surface area contributed by atoms with Crippen LogP contribution in [0.1, 0.15) is 11.9 Å². The quantitative estimate of drug-likeness (QED) is 0.862. The van der Waals surface area contributed by atoms with Crippen LogP contribution in [-0.4, -0.2) is 23.3 Å². The van der Waals surface area contributed by atoms with Gasteiger partial charge in [-0.25, -0.2) is 0 Å². The third-order valence-corrected chi connectivity index (χ3v) is 3.88. The molecular weight excluding hydrogens is 298 g/mol. The summed E-state index contributed by atoms with van der Waals surface area (Å²) in [4.78, 5) is 0. The average molecular weight is 312 g/mol. The van der Waals surface area contributed by atoms with Gasteiger partial charge in [0.1, 0.15) is 10.0 Å². The lowest BCUT2D eigenvalue weighted by atomic mass is 10.2. The first-order valence-electron chi connectivity index (χ1n) is 5.58. The first kappa shape index (κ1) is 12.7. The summed E-state index contributed by atoms with van der Waals surface area (Å²) >= 11 is 5.09. The van der Waals surface area contributed by atoms with E-state index in [2.05, 4.69) is 50.5 Å². The molecule has 0 aliphatic heterocycles. The number of nitrogens with one attached hydrogen (secondary N) is 1. The average Bonchev–Trinajstić information content (AvgIpc) is 2.79. The van der Waals surface area contributed by atoms with Crippen molar-refractivity contribution >= 4 is 27.3 Å². The molecule has 1 N–H and O–H groups in total. The Morgan fingerprint density at radius 2 is 2.00 bits per heavy atom. The Morgan fingerprint density at radius 1 is 1.24 bits per heavy atom. The lowest BCUT2D eigenvalue weighted by molar-refractivity contribution is 0.710. The maximum atomic E-state index is 4.22. The normalized spacial score (nSPS) is 10.7. The van der Waals surface area contributed by atoms with Gasteiger partial charge in [0.15, 0.2) is 0 Å². The van der Waals surface area contributed by atoms with Gasteiger partial charge in [-0.2, -0.15) is 0 Å². The fourth-order valence-electron chi connectivity index (χ4n) is 1.44. The van der Waals surface area contributed by atoms with Gasteiger partial charge in [0, 0.05) is 23.0 Å². The molecule has 0 spiro atoms. The molecule has 3 nitrogen and oxygen atoms in total. The van der Waals surface area contributed by atoms with E-state index in [1.54, 1.807) is 11.3 Å². The van der Waals surface area contributed by atoms with Gasteiger partial charge in [0.2, 0.25) is 0 Å². The van der Waals surface area contributed by atoms with Gasteiger partial charge in [-0.3, -0.25) is 0 Å². The minimum atomic E-state index is 0.946. The van der Waals surface area contributed by atoms with E-state index in [4.69, 9.17) is 0 Å². The van der Waals surface area contributed by atoms with Crippen molar-refractivity contribution in [1.82, 2.24) is 15.5 Å². The van der Waals surface area contributed by atoms with Crippen molar-refractivity contribution < 1.29 is 0 Å². The Labute approximate surface area is 113 Å². The molecule has 0 unspecified atom stereocenters. The van der Waals surface area contributed by atoms with Crippen LogP contribution in [0.15, 0.2) is 28.7 Å². The van der Waals surface area contributed by atoms with E-state index in [1.165, 1.54) is 0 Å². The molecule has 0 saturated heterocycles. The molecule has 0 bridgehead atoms. The van der Waals surface area contributed by atoms with Crippen LogP contribution < -0.4 is 5.32 Å². The zero-order chi connectivity index (χ0) is 12.1. The van der Waals surface area contributed by atoms with Crippen LogP contribution in [0.4, 0.5) is 0 Å². The fraction of sp³-hybridized carbons (Fsp3) is 0.333. The fourth-order valence-corrected chi connectivity index (χ4v) is 2.54. The first-order chi connectivity index (χ1) is 8.29. The summed E-state index contributed by atoms with van der Waals surface area (Å²) < 4.78 is 1.08. The van der Waals surface area contributed by atoms with E-state index in [1.807, 2.05) is 12.1 Å². The van der Waals surface area contributed by atoms with Crippen molar-refractivity contribution in [1.29, 1.82) is 0 Å². The Balaban J connectivity index is 2.04. The van der Waals surface area contributed by atoms with E-state index >= 15 is 0 Å². The minimum Gasteiger partial charge on any atom is -0.317 e. The number of hydrogen-bond donors (Lipinski definition) is 1. The summed E-state index contributed by atoms with van der Waals surface area (Å²) in [5, 5.41) is 13.8. The van der Waals surface area contributed by atoms with Gasteiger partial charge in [-0.05, 0) is 18.7 Å². The predicted octanol–water partition coefficient (Wildman–Crippen LogP) is 3.12. The highest BCUT2D eigenvalue weighted by atomic mass is 79.9. The third-order valence-electron chi connectivity index (χ3n) is 2.32. The van der Waals surface area contributed by atoms with Crippen molar-refractivity contribution in [2.75, 3.05) is 13.1 Å². The smallest absolute Gasteiger partial charge is 0.147 e. The molecule has 2 rings (SSSR count). The SMILES string of the molecule is CCNCCc1nnc(-c2ccc(Br)cc2)s1. The van der Waals surface area contributed by atoms with Crippen molar-refractivity contribution in [3.63, 3.8) is 0 Å². The Hall–Kier alpha value is -0.780. The first-order valence-corrected chi connectivity index (χ1v) is 7.19. The highest BCUT2D eigenvalue weighted by Crippen LogP contribution is 2.24. The van der Waals surface area contributed by atoms with Crippen molar-refractivity contribution in [3.05, 3.63) is 33.7 Å². The van der Waals surface area contributed by atoms with E-state index in [0.717, 1.165) is 39.6 Å². The number of benzene rings is 1. The number of aromatic nitrogens is 2. The van der Waals surface area contributed by atoms with E-state index in [0.29, 0.717) is 0 Å². The number of hydrogen-bond acceptors (Lipinski definition) is 4. The molecule has 1 heterocycles. The number of halogens is 1. The molecule has 0 atom stereocenters. The lowest BCUT2D eigenvalue weighted by Crippen LogP contribution is -2.15. The maximum Gasteiger partial charge on any atom is 0.147 e. The highest BCUT2D eigenvalue weighted by molar-refractivity contribution is 9.10. The summed E-state index contributed by atoms with van der Waals surface area (Å²) in [7, 11) is 0. The van der Waals surface area contributed by atoms with Gasteiger partial charge in [0.25, 0.3) is 0 Å². The minimum absolute atomic E-state index is 0.946. The van der Waals surface area contributed by atoms with E-state index in [-0.39, 0.29) is 0 Å². The van der Waals surface area contributed by atoms with Crippen LogP contribution in [0.3, 0.4) is 0 Å². The largest absolute Gasteiger partial charge is 0.317 e. The predicted molar refractivity (Wildman–Crippen MR) is 75.3 cm³/mol. The lowest BCUT2D eigenvalue weighted by Gasteiger charge is -1.96. The monoisotopic (exact) mass is 311 g/mol. The number of rotatable bonds is 5. The Morgan fingerprint density at radius 3 is 2.71 bits per heavy atom. The molecule has 17 heavy (non-hydrogen) atoms. The van der Waals surface area contributed by atoms with Crippen LogP contribution >= 0.6 is 27.3 Å². The van der Waals surface area contributed by atoms with Gasteiger partial charge < -0.3 is 5.32 Å². The molecule has 2 aromatic rings. The molecular formula is C12H14BrN3S. The van der Waals surface area contributed by atoms with Crippen LogP contribution in [0.2, 0.25) is 0 Å². The second-order valence-electron chi connectivity index (χ2n) is 3.61. The molecule has 0 radical (unpaired) electrons. The van der Waals surface area contributed by atoms with Gasteiger partial charge >= 0.3 is 0 Å². The molecule has 0 saturated carbocycles. The van der Waals surface area contributed by atoms with Gasteiger partial charge in [-0.15, -0.1) is 10.2 Å². The molecule has 0 fully saturated rings. The standard InChI is InChI=1S/C12H14BrN3S/c1-2-14-8-7-11-15-16-12(17-11)9-3-5-10(13)6-4-9/h3-6,14H,2,7-8H2,1H3. The molecule has 5 heteroatoms. The third kappa shape index (κ3) is 3.59. The molecule has 0 amide bonds. The van der Waals surface area contributed by atoms with E-state index in [9.17, 15) is 0 Å². The highest BCUT2D eigenvalue weighted by Gasteiger charge is 2.05. The second-order valence-corrected chi connectivity index (χ2v) is 5.59. The van der Waals surface area contributed by atoms with Crippen LogP contribution in [0, 0.1) is 0 Å². The Kier molecular flexibility index (Phi) is 4.65. The van der Waals surface area contributed by atoms with Crippen LogP contribution in [0.25, 0.3) is 10.6 Å². The van der Waals surface area contributed by atoms with E-state index < -0.39 is 0 Å². The molecule has 1 aromatic heterocycles. The molecule has 90 valence electrons. The summed E-state index contributed by atoms with van der Waals surface area (Å²) in [5.74, 6) is 0. The summed E-state index contributed by atoms with van der Waals surface area (Å²) in [6.45, 7) is 4.07. The Bertz CT molecular complexity index is 467. The maximum absolute atomic E-state index is 4.22.